The van der Waals surface area contributed by atoms with Gasteiger partial charge in [-0.3, -0.25) is 14.4 Å². The van der Waals surface area contributed by atoms with Crippen LogP contribution in [0.4, 0.5) is 0 Å². The van der Waals surface area contributed by atoms with E-state index in [0.29, 0.717) is 34.1 Å². The highest BCUT2D eigenvalue weighted by Gasteiger charge is 2.65. The molecule has 2 saturated heterocycles. The number of nitrogens with one attached hydrogen (secondary N) is 2. The molecule has 65 heavy (non-hydrogen) atoms. The average molecular weight is 893 g/mol. The molecule has 4 saturated carbocycles. The van der Waals surface area contributed by atoms with Crippen LogP contribution in [0.2, 0.25) is 0 Å². The Morgan fingerprint density at radius 2 is 1.68 bits per heavy atom. The van der Waals surface area contributed by atoms with Gasteiger partial charge in [-0.05, 0) is 145 Å². The highest BCUT2D eigenvalue weighted by molar-refractivity contribution is 5.96. The normalized spacial score (nSPS) is 30.9. The van der Waals surface area contributed by atoms with Gasteiger partial charge in [0, 0.05) is 42.4 Å². The zero-order valence-electron chi connectivity index (χ0n) is 39.0. The van der Waals surface area contributed by atoms with Crippen LogP contribution in [0, 0.1) is 29.1 Å². The van der Waals surface area contributed by atoms with Gasteiger partial charge < -0.3 is 39.4 Å². The number of benzene rings is 2. The van der Waals surface area contributed by atoms with E-state index in [-0.39, 0.29) is 67.3 Å². The molecule has 5 aliphatic carbocycles. The van der Waals surface area contributed by atoms with E-state index < -0.39 is 53.6 Å². The van der Waals surface area contributed by atoms with Crippen molar-refractivity contribution in [1.82, 2.24) is 10.6 Å². The largest absolute Gasteiger partial charge is 0.460 e. The monoisotopic (exact) mass is 892 g/mol. The minimum atomic E-state index is -0.758. The molecule has 6 fully saturated rings. The topological polar surface area (TPSA) is 162 Å². The van der Waals surface area contributed by atoms with Crippen LogP contribution in [0.3, 0.4) is 0 Å². The van der Waals surface area contributed by atoms with Crippen LogP contribution in [0.5, 0.6) is 0 Å². The summed E-state index contributed by atoms with van der Waals surface area (Å²) >= 11 is 0. The van der Waals surface area contributed by atoms with E-state index >= 15 is 0 Å². The molecule has 8 atom stereocenters. The van der Waals surface area contributed by atoms with Crippen molar-refractivity contribution in [2.45, 2.75) is 173 Å². The molecule has 8 unspecified atom stereocenters. The van der Waals surface area contributed by atoms with Gasteiger partial charge in [0.15, 0.2) is 5.79 Å². The van der Waals surface area contributed by atoms with Crippen molar-refractivity contribution in [3.63, 3.8) is 0 Å². The van der Waals surface area contributed by atoms with Gasteiger partial charge in [-0.1, -0.05) is 55.8 Å². The molecule has 0 radical (unpaired) electrons. The molecule has 12 heteroatoms. The van der Waals surface area contributed by atoms with Gasteiger partial charge >= 0.3 is 11.9 Å². The summed E-state index contributed by atoms with van der Waals surface area (Å²) in [6, 6.07) is 13.9. The Balaban J connectivity index is 0.889. The molecule has 0 aromatic heterocycles. The molecular formula is C53H68N2O10. The lowest BCUT2D eigenvalue weighted by Gasteiger charge is -2.53. The van der Waals surface area contributed by atoms with Crippen LogP contribution < -0.4 is 10.6 Å². The number of hydrogen-bond acceptors (Lipinski definition) is 10. The van der Waals surface area contributed by atoms with Crippen LogP contribution >= 0.6 is 0 Å². The predicted molar refractivity (Wildman–Crippen MR) is 243 cm³/mol. The summed E-state index contributed by atoms with van der Waals surface area (Å²) in [4.78, 5) is 54.0. The first kappa shape index (κ1) is 45.8. The van der Waals surface area contributed by atoms with Crippen molar-refractivity contribution < 1.29 is 48.0 Å². The Morgan fingerprint density at radius 1 is 0.923 bits per heavy atom. The van der Waals surface area contributed by atoms with E-state index in [4.69, 9.17) is 23.7 Å². The van der Waals surface area contributed by atoms with E-state index in [1.165, 1.54) is 5.57 Å². The molecule has 0 bridgehead atoms. The van der Waals surface area contributed by atoms with Gasteiger partial charge in [-0.15, -0.1) is 0 Å². The minimum Gasteiger partial charge on any atom is -0.460 e. The van der Waals surface area contributed by atoms with Crippen molar-refractivity contribution in [3.05, 3.63) is 88.0 Å². The Kier molecular flexibility index (Phi) is 12.5. The lowest BCUT2D eigenvalue weighted by Crippen LogP contribution is -2.45. The molecule has 2 aromatic rings. The maximum Gasteiger partial charge on any atom is 0.339 e. The van der Waals surface area contributed by atoms with Crippen molar-refractivity contribution in [3.8, 4) is 0 Å². The van der Waals surface area contributed by atoms with Crippen LogP contribution in [0.15, 0.2) is 65.8 Å². The van der Waals surface area contributed by atoms with Crippen molar-refractivity contribution in [1.29, 1.82) is 0 Å². The maximum atomic E-state index is 14.5. The van der Waals surface area contributed by atoms with E-state index in [9.17, 15) is 24.3 Å². The number of amides is 2. The molecule has 2 amide bonds. The number of fused-ring (bicyclic) bond motifs is 3. The van der Waals surface area contributed by atoms with Crippen molar-refractivity contribution >= 4 is 29.8 Å². The number of carbonyl (C=O) groups excluding carboxylic acids is 4. The summed E-state index contributed by atoms with van der Waals surface area (Å²) in [5.74, 6) is -0.706. The molecule has 2 heterocycles. The second-order valence-corrected chi connectivity index (χ2v) is 21.8. The second kappa shape index (κ2) is 17.7. The Labute approximate surface area is 383 Å². The molecule has 0 spiro atoms. The summed E-state index contributed by atoms with van der Waals surface area (Å²) < 4.78 is 31.8. The quantitative estimate of drug-likeness (QED) is 0.125. The number of epoxide rings is 1. The fraction of sp³-hybridized carbons (Fsp3) is 0.623. The first-order valence-corrected chi connectivity index (χ1v) is 24.2. The number of ether oxygens (including phenoxy) is 5. The Hall–Kier alpha value is -4.36. The van der Waals surface area contributed by atoms with Gasteiger partial charge in [0.1, 0.15) is 23.9 Å². The fourth-order valence-corrected chi connectivity index (χ4v) is 11.3. The zero-order valence-corrected chi connectivity index (χ0v) is 39.0. The lowest BCUT2D eigenvalue weighted by atomic mass is 9.52. The summed E-state index contributed by atoms with van der Waals surface area (Å²) in [7, 11) is 0. The number of allylic oxidation sites excluding steroid dienone is 1. The van der Waals surface area contributed by atoms with Crippen LogP contribution in [0.1, 0.15) is 150 Å². The highest BCUT2D eigenvalue weighted by Crippen LogP contribution is 2.61. The third-order valence-corrected chi connectivity index (χ3v) is 15.2. The smallest absolute Gasteiger partial charge is 0.339 e. The highest BCUT2D eigenvalue weighted by atomic mass is 16.8. The molecule has 2 aromatic carbocycles. The van der Waals surface area contributed by atoms with Gasteiger partial charge in [-0.2, -0.15) is 0 Å². The Bertz CT molecular complexity index is 2220. The number of hydrogen-bond donors (Lipinski definition) is 3. The molecule has 7 aliphatic rings. The molecule has 9 rings (SSSR count). The van der Waals surface area contributed by atoms with Crippen molar-refractivity contribution in [2.24, 2.45) is 29.1 Å². The fourth-order valence-electron chi connectivity index (χ4n) is 11.3. The minimum absolute atomic E-state index is 0.0138. The summed E-state index contributed by atoms with van der Waals surface area (Å²) in [6.07, 6.45) is 12.3. The third-order valence-electron chi connectivity index (χ3n) is 15.2. The number of carbonyl (C=O) groups is 4. The Morgan fingerprint density at radius 3 is 2.38 bits per heavy atom. The number of aliphatic hydroxyl groups excluding tert-OH is 1. The molecule has 350 valence electrons. The number of rotatable bonds is 14. The average Bonchev–Trinajstić information content (AvgIpc) is 4.18. The summed E-state index contributed by atoms with van der Waals surface area (Å²) in [5.41, 5.74) is 3.84. The maximum absolute atomic E-state index is 14.5. The number of aliphatic hydroxyl groups is 1. The van der Waals surface area contributed by atoms with Gasteiger partial charge in [0.05, 0.1) is 29.9 Å². The first-order chi connectivity index (χ1) is 30.9. The third kappa shape index (κ3) is 10.0. The standard InChI is InChI=1S/C53H68N2O10/c1-50(2,3)64-45(57)21-19-38(30-56)55-48(59)34-12-9-10-31(24-34)29-54-47(58)35-26-42(46-43(27-35)62-53(65-46,36-15-16-36)37-17-18-37)61-49(60)39-13-8-7-11-32(39)25-33-14-20-44-52(6,63-44)23-22-41-40(33)28-51(41,4)5/h7-13,24-25,27,36-38,40-44,46,56H,14-23,26,28-30H2,1-6H3,(H,54,58)(H,55,59). The lowest BCUT2D eigenvalue weighted by molar-refractivity contribution is -0.209. The second-order valence-electron chi connectivity index (χ2n) is 21.8. The summed E-state index contributed by atoms with van der Waals surface area (Å²) in [6.45, 7) is 12.2. The van der Waals surface area contributed by atoms with Crippen LogP contribution in [-0.2, 0) is 39.8 Å². The van der Waals surface area contributed by atoms with Crippen LogP contribution in [-0.4, -0.2) is 82.9 Å². The first-order valence-electron chi connectivity index (χ1n) is 24.2. The van der Waals surface area contributed by atoms with Crippen molar-refractivity contribution in [2.75, 3.05) is 6.61 Å². The molecule has 12 nitrogen and oxygen atoms in total. The predicted octanol–water partition coefficient (Wildman–Crippen LogP) is 8.15. The molecular weight excluding hydrogens is 825 g/mol. The van der Waals surface area contributed by atoms with E-state index in [2.05, 4.69) is 37.5 Å². The zero-order chi connectivity index (χ0) is 45.9. The van der Waals surface area contributed by atoms with Crippen LogP contribution in [0.25, 0.3) is 6.08 Å². The molecule has 3 N–H and O–H groups in total. The SMILES string of the molecule is CC(C)(C)OC(=O)CCC(CO)NC(=O)c1cccc(CNC(=O)C2=CC3OC(C4CC4)(C4CC4)OC3C(OC(=O)c3ccccc3C=C3CCC4OC4(C)CCC4C3CC4(C)C)C2)c1. The van der Waals surface area contributed by atoms with Gasteiger partial charge in [0.25, 0.3) is 5.91 Å². The van der Waals surface area contributed by atoms with Gasteiger partial charge in [-0.25, -0.2) is 4.79 Å². The van der Waals surface area contributed by atoms with E-state index in [1.54, 1.807) is 39.0 Å². The van der Waals surface area contributed by atoms with E-state index in [1.807, 2.05) is 36.4 Å². The molecule has 2 aliphatic heterocycles. The van der Waals surface area contributed by atoms with E-state index in [0.717, 1.165) is 63.4 Å². The van der Waals surface area contributed by atoms with Gasteiger partial charge in [0.2, 0.25) is 5.91 Å². The number of esters is 2. The summed E-state index contributed by atoms with van der Waals surface area (Å²) in [5, 5.41) is 15.8.